The lowest BCUT2D eigenvalue weighted by Gasteiger charge is -2.18. The van der Waals surface area contributed by atoms with E-state index in [-0.39, 0.29) is 5.91 Å². The molecule has 0 bridgehead atoms. The van der Waals surface area contributed by atoms with Gasteiger partial charge in [0.2, 0.25) is 0 Å². The van der Waals surface area contributed by atoms with E-state index in [4.69, 9.17) is 10.5 Å². The van der Waals surface area contributed by atoms with E-state index in [1.165, 1.54) is 7.11 Å². The number of rotatable bonds is 4. The van der Waals surface area contributed by atoms with Crippen LogP contribution in [0.4, 0.5) is 5.69 Å². The minimum atomic E-state index is -0.158. The highest BCUT2D eigenvalue weighted by Gasteiger charge is 2.17. The summed E-state index contributed by atoms with van der Waals surface area (Å²) >= 11 is 0. The number of aryl methyl sites for hydroxylation is 1. The lowest BCUT2D eigenvalue weighted by Crippen LogP contribution is -2.27. The number of methoxy groups -OCH3 is 1. The van der Waals surface area contributed by atoms with Crippen molar-refractivity contribution in [2.24, 2.45) is 0 Å². The van der Waals surface area contributed by atoms with Crippen molar-refractivity contribution in [3.63, 3.8) is 0 Å². The van der Waals surface area contributed by atoms with Crippen LogP contribution in [0.15, 0.2) is 36.4 Å². The third kappa shape index (κ3) is 3.31. The van der Waals surface area contributed by atoms with Gasteiger partial charge in [-0.15, -0.1) is 0 Å². The molecule has 0 atom stereocenters. The second-order valence-corrected chi connectivity index (χ2v) is 4.85. The monoisotopic (exact) mass is 285 g/mol. The number of aromatic nitrogens is 1. The molecule has 1 aromatic heterocycles. The van der Waals surface area contributed by atoms with Gasteiger partial charge in [-0.25, -0.2) is 0 Å². The van der Waals surface area contributed by atoms with Gasteiger partial charge in [0, 0.05) is 12.7 Å². The van der Waals surface area contributed by atoms with Crippen LogP contribution in [-0.4, -0.2) is 29.9 Å². The summed E-state index contributed by atoms with van der Waals surface area (Å²) in [4.78, 5) is 18.5. The molecule has 5 nitrogen and oxygen atoms in total. The zero-order valence-electron chi connectivity index (χ0n) is 12.5. The van der Waals surface area contributed by atoms with Crippen LogP contribution in [0, 0.1) is 6.92 Å². The number of hydrogen-bond acceptors (Lipinski definition) is 4. The highest BCUT2D eigenvalue weighted by molar-refractivity contribution is 6.00. The number of ether oxygens (including phenoxy) is 1. The first-order chi connectivity index (χ1) is 10.0. The summed E-state index contributed by atoms with van der Waals surface area (Å²) in [7, 11) is 3.26. The summed E-state index contributed by atoms with van der Waals surface area (Å²) in [6.07, 6.45) is 0. The van der Waals surface area contributed by atoms with E-state index in [9.17, 15) is 4.79 Å². The molecule has 0 saturated heterocycles. The molecule has 0 aliphatic heterocycles. The molecule has 0 aliphatic rings. The number of carbonyl (C=O) groups excluding carboxylic acids is 1. The standard InChI is InChI=1S/C16H19N3O2/c1-11-6-4-7-12(18-11)10-19(2)16(20)13-8-5-9-14(21-3)15(13)17/h4-9H,10,17H2,1-3H3. The largest absolute Gasteiger partial charge is 0.495 e. The molecule has 2 aromatic rings. The van der Waals surface area contributed by atoms with Gasteiger partial charge in [0.25, 0.3) is 5.91 Å². The van der Waals surface area contributed by atoms with Gasteiger partial charge in [-0.05, 0) is 31.2 Å². The molecule has 21 heavy (non-hydrogen) atoms. The van der Waals surface area contributed by atoms with E-state index in [2.05, 4.69) is 4.98 Å². The Balaban J connectivity index is 2.20. The summed E-state index contributed by atoms with van der Waals surface area (Å²) in [5.74, 6) is 0.345. The number of para-hydroxylation sites is 1. The van der Waals surface area contributed by atoms with Gasteiger partial charge in [0.05, 0.1) is 30.6 Å². The Morgan fingerprint density at radius 1 is 1.29 bits per heavy atom. The van der Waals surface area contributed by atoms with Crippen molar-refractivity contribution in [2.75, 3.05) is 19.9 Å². The summed E-state index contributed by atoms with van der Waals surface area (Å²) in [6.45, 7) is 2.35. The quantitative estimate of drug-likeness (QED) is 0.875. The Labute approximate surface area is 124 Å². The zero-order valence-corrected chi connectivity index (χ0v) is 12.5. The van der Waals surface area contributed by atoms with Crippen LogP contribution in [-0.2, 0) is 6.54 Å². The van der Waals surface area contributed by atoms with Gasteiger partial charge < -0.3 is 15.4 Å². The van der Waals surface area contributed by atoms with E-state index in [1.54, 1.807) is 30.1 Å². The number of carbonyl (C=O) groups is 1. The predicted octanol–water partition coefficient (Wildman–Crippen LogP) is 2.25. The SMILES string of the molecule is COc1cccc(C(=O)N(C)Cc2cccc(C)n2)c1N. The Kier molecular flexibility index (Phi) is 4.42. The number of benzene rings is 1. The van der Waals surface area contributed by atoms with Gasteiger partial charge >= 0.3 is 0 Å². The van der Waals surface area contributed by atoms with Crippen LogP contribution in [0.3, 0.4) is 0 Å². The molecular weight excluding hydrogens is 266 g/mol. The second-order valence-electron chi connectivity index (χ2n) is 4.85. The van der Waals surface area contributed by atoms with E-state index in [1.807, 2.05) is 25.1 Å². The Hall–Kier alpha value is -2.56. The van der Waals surface area contributed by atoms with Crippen molar-refractivity contribution < 1.29 is 9.53 Å². The fourth-order valence-electron chi connectivity index (χ4n) is 2.12. The van der Waals surface area contributed by atoms with Crippen molar-refractivity contribution in [1.82, 2.24) is 9.88 Å². The van der Waals surface area contributed by atoms with Crippen LogP contribution < -0.4 is 10.5 Å². The number of hydrogen-bond donors (Lipinski definition) is 1. The van der Waals surface area contributed by atoms with Crippen molar-refractivity contribution >= 4 is 11.6 Å². The van der Waals surface area contributed by atoms with Crippen molar-refractivity contribution in [1.29, 1.82) is 0 Å². The average molecular weight is 285 g/mol. The van der Waals surface area contributed by atoms with Gasteiger partial charge in [-0.3, -0.25) is 9.78 Å². The average Bonchev–Trinajstić information content (AvgIpc) is 2.47. The minimum absolute atomic E-state index is 0.158. The van der Waals surface area contributed by atoms with Crippen LogP contribution >= 0.6 is 0 Å². The molecule has 0 unspecified atom stereocenters. The smallest absolute Gasteiger partial charge is 0.256 e. The van der Waals surface area contributed by atoms with E-state index in [0.717, 1.165) is 11.4 Å². The molecule has 1 aromatic carbocycles. The number of nitrogens with zero attached hydrogens (tertiary/aromatic N) is 2. The highest BCUT2D eigenvalue weighted by atomic mass is 16.5. The third-order valence-electron chi connectivity index (χ3n) is 3.21. The van der Waals surface area contributed by atoms with Gasteiger partial charge in [-0.2, -0.15) is 0 Å². The first kappa shape index (κ1) is 14.8. The Morgan fingerprint density at radius 2 is 2.00 bits per heavy atom. The second kappa shape index (κ2) is 6.26. The molecule has 0 saturated carbocycles. The van der Waals surface area contributed by atoms with Gasteiger partial charge in [-0.1, -0.05) is 12.1 Å². The Bertz CT molecular complexity index is 656. The fraction of sp³-hybridized carbons (Fsp3) is 0.250. The fourth-order valence-corrected chi connectivity index (χ4v) is 2.12. The van der Waals surface area contributed by atoms with Gasteiger partial charge in [0.1, 0.15) is 5.75 Å². The zero-order chi connectivity index (χ0) is 15.4. The number of amides is 1. The summed E-state index contributed by atoms with van der Waals surface area (Å²) in [5.41, 5.74) is 8.52. The number of nitrogen functional groups attached to an aromatic ring is 1. The summed E-state index contributed by atoms with van der Waals surface area (Å²) < 4.78 is 5.14. The number of nitrogens with two attached hydrogens (primary N) is 1. The van der Waals surface area contributed by atoms with Crippen LogP contribution in [0.2, 0.25) is 0 Å². The van der Waals surface area contributed by atoms with E-state index in [0.29, 0.717) is 23.5 Å². The van der Waals surface area contributed by atoms with E-state index < -0.39 is 0 Å². The lowest BCUT2D eigenvalue weighted by atomic mass is 10.1. The first-order valence-corrected chi connectivity index (χ1v) is 6.63. The maximum atomic E-state index is 12.5. The topological polar surface area (TPSA) is 68.5 Å². The van der Waals surface area contributed by atoms with Crippen LogP contribution in [0.1, 0.15) is 21.7 Å². The molecule has 1 amide bonds. The molecule has 0 aliphatic carbocycles. The van der Waals surface area contributed by atoms with Crippen molar-refractivity contribution in [3.8, 4) is 5.75 Å². The van der Waals surface area contributed by atoms with Gasteiger partial charge in [0.15, 0.2) is 0 Å². The summed E-state index contributed by atoms with van der Waals surface area (Å²) in [6, 6.07) is 10.9. The number of anilines is 1. The maximum absolute atomic E-state index is 12.5. The molecule has 1 heterocycles. The molecule has 0 fully saturated rings. The van der Waals surface area contributed by atoms with Crippen molar-refractivity contribution in [2.45, 2.75) is 13.5 Å². The third-order valence-corrected chi connectivity index (χ3v) is 3.21. The normalized spacial score (nSPS) is 10.2. The Morgan fingerprint density at radius 3 is 2.67 bits per heavy atom. The molecule has 2 rings (SSSR count). The molecule has 110 valence electrons. The molecule has 5 heteroatoms. The summed E-state index contributed by atoms with van der Waals surface area (Å²) in [5, 5.41) is 0. The minimum Gasteiger partial charge on any atom is -0.495 e. The van der Waals surface area contributed by atoms with Crippen molar-refractivity contribution in [3.05, 3.63) is 53.3 Å². The molecule has 0 spiro atoms. The molecular formula is C16H19N3O2. The molecule has 0 radical (unpaired) electrons. The molecule has 2 N–H and O–H groups in total. The van der Waals surface area contributed by atoms with Crippen LogP contribution in [0.5, 0.6) is 5.75 Å². The lowest BCUT2D eigenvalue weighted by molar-refractivity contribution is 0.0784. The predicted molar refractivity (Wildman–Crippen MR) is 82.2 cm³/mol. The van der Waals surface area contributed by atoms with E-state index >= 15 is 0 Å². The van der Waals surface area contributed by atoms with Crippen LogP contribution in [0.25, 0.3) is 0 Å². The highest BCUT2D eigenvalue weighted by Crippen LogP contribution is 2.25. The number of pyridine rings is 1. The maximum Gasteiger partial charge on any atom is 0.256 e. The first-order valence-electron chi connectivity index (χ1n) is 6.63.